The lowest BCUT2D eigenvalue weighted by atomic mass is 9.99. The summed E-state index contributed by atoms with van der Waals surface area (Å²) in [5, 5.41) is 10.4. The zero-order valence-electron chi connectivity index (χ0n) is 15.3. The van der Waals surface area contributed by atoms with Crippen molar-refractivity contribution >= 4 is 11.7 Å². The molecule has 0 bridgehead atoms. The maximum Gasteiger partial charge on any atom is 0.254 e. The molecule has 0 saturated carbocycles. The number of aromatic nitrogens is 1. The number of hydrogen-bond donors (Lipinski definition) is 1. The Labute approximate surface area is 149 Å². The highest BCUT2D eigenvalue weighted by molar-refractivity contribution is 5.84. The summed E-state index contributed by atoms with van der Waals surface area (Å²) in [6.07, 6.45) is 6.17. The number of aliphatic hydroxyl groups is 1. The molecular weight excluding hydrogens is 318 g/mol. The summed E-state index contributed by atoms with van der Waals surface area (Å²) in [7, 11) is 0. The second kappa shape index (κ2) is 7.60. The van der Waals surface area contributed by atoms with Crippen molar-refractivity contribution in [2.24, 2.45) is 0 Å². The van der Waals surface area contributed by atoms with Gasteiger partial charge in [0.15, 0.2) is 11.6 Å². The average molecular weight is 347 g/mol. The molecule has 1 aromatic heterocycles. The predicted molar refractivity (Wildman–Crippen MR) is 96.8 cm³/mol. The molecule has 0 spiro atoms. The van der Waals surface area contributed by atoms with E-state index < -0.39 is 5.60 Å². The first-order valence-electron chi connectivity index (χ1n) is 9.39. The van der Waals surface area contributed by atoms with Gasteiger partial charge in [-0.1, -0.05) is 13.3 Å². The smallest absolute Gasteiger partial charge is 0.254 e. The van der Waals surface area contributed by atoms with Gasteiger partial charge in [-0.15, -0.1) is 0 Å². The summed E-state index contributed by atoms with van der Waals surface area (Å²) in [4.78, 5) is 21.0. The van der Waals surface area contributed by atoms with Crippen molar-refractivity contribution in [3.63, 3.8) is 0 Å². The highest BCUT2D eigenvalue weighted by atomic mass is 16.5. The van der Waals surface area contributed by atoms with E-state index in [9.17, 15) is 9.90 Å². The lowest BCUT2D eigenvalue weighted by Crippen LogP contribution is -2.46. The third kappa shape index (κ3) is 4.06. The zero-order valence-corrected chi connectivity index (χ0v) is 15.3. The minimum Gasteiger partial charge on any atom is -0.485 e. The number of hydrogen-bond acceptors (Lipinski definition) is 5. The van der Waals surface area contributed by atoms with Crippen LogP contribution in [0.5, 0.6) is 5.75 Å². The molecular formula is C19H29N3O3. The second-order valence-electron chi connectivity index (χ2n) is 7.32. The van der Waals surface area contributed by atoms with Crippen molar-refractivity contribution in [2.75, 3.05) is 31.1 Å². The molecule has 3 rings (SSSR count). The number of carbonyl (C=O) groups is 1. The van der Waals surface area contributed by atoms with Crippen molar-refractivity contribution in [1.82, 2.24) is 9.88 Å². The number of amides is 1. The van der Waals surface area contributed by atoms with Gasteiger partial charge < -0.3 is 19.6 Å². The first kappa shape index (κ1) is 18.0. The Balaban J connectivity index is 1.63. The highest BCUT2D eigenvalue weighted by Crippen LogP contribution is 2.30. The summed E-state index contributed by atoms with van der Waals surface area (Å²) >= 11 is 0. The molecule has 3 heterocycles. The van der Waals surface area contributed by atoms with E-state index in [1.807, 2.05) is 19.1 Å². The fourth-order valence-electron chi connectivity index (χ4n) is 3.76. The van der Waals surface area contributed by atoms with Crippen LogP contribution in [-0.2, 0) is 4.79 Å². The monoisotopic (exact) mass is 347 g/mol. The van der Waals surface area contributed by atoms with Crippen LogP contribution in [0.1, 0.15) is 46.0 Å². The van der Waals surface area contributed by atoms with Gasteiger partial charge in [0.1, 0.15) is 11.7 Å². The van der Waals surface area contributed by atoms with Crippen LogP contribution in [0.3, 0.4) is 0 Å². The standard InChI is InChI=1S/C19H29N3O3/c1-3-9-19(2,24)18(23)22-13-8-15(14-22)25-16-7-6-10-20-17(16)21-11-4-5-12-21/h6-7,10,15,24H,3-5,8-9,11-14H2,1-2H3/t15-,19+/m0/s1. The van der Waals surface area contributed by atoms with Crippen LogP contribution >= 0.6 is 0 Å². The van der Waals surface area contributed by atoms with Crippen LogP contribution in [0.4, 0.5) is 5.82 Å². The summed E-state index contributed by atoms with van der Waals surface area (Å²) in [6.45, 7) is 6.76. The van der Waals surface area contributed by atoms with Crippen LogP contribution < -0.4 is 9.64 Å². The van der Waals surface area contributed by atoms with Gasteiger partial charge in [0.2, 0.25) is 0 Å². The molecule has 1 amide bonds. The molecule has 138 valence electrons. The fraction of sp³-hybridized carbons (Fsp3) is 0.684. The van der Waals surface area contributed by atoms with Crippen molar-refractivity contribution in [1.29, 1.82) is 0 Å². The first-order valence-corrected chi connectivity index (χ1v) is 9.39. The van der Waals surface area contributed by atoms with Gasteiger partial charge in [-0.2, -0.15) is 0 Å². The van der Waals surface area contributed by atoms with E-state index in [4.69, 9.17) is 4.74 Å². The number of nitrogens with zero attached hydrogens (tertiary/aromatic N) is 3. The lowest BCUT2D eigenvalue weighted by Gasteiger charge is -2.28. The van der Waals surface area contributed by atoms with E-state index in [1.54, 1.807) is 18.0 Å². The Morgan fingerprint density at radius 3 is 2.88 bits per heavy atom. The van der Waals surface area contributed by atoms with Gasteiger partial charge in [0.05, 0.1) is 6.54 Å². The third-order valence-electron chi connectivity index (χ3n) is 5.08. The molecule has 0 aromatic carbocycles. The van der Waals surface area contributed by atoms with Gasteiger partial charge in [-0.25, -0.2) is 4.98 Å². The van der Waals surface area contributed by atoms with Crippen LogP contribution in [0.15, 0.2) is 18.3 Å². The number of anilines is 1. The SMILES string of the molecule is CCC[C@@](C)(O)C(=O)N1CC[C@H](Oc2cccnc2N2CCCC2)C1. The molecule has 1 N–H and O–H groups in total. The fourth-order valence-corrected chi connectivity index (χ4v) is 3.76. The zero-order chi connectivity index (χ0) is 17.9. The van der Waals surface area contributed by atoms with Crippen molar-refractivity contribution < 1.29 is 14.6 Å². The predicted octanol–water partition coefficient (Wildman–Crippen LogP) is 2.21. The molecule has 6 heteroatoms. The van der Waals surface area contributed by atoms with Crippen LogP contribution in [0.25, 0.3) is 0 Å². The topological polar surface area (TPSA) is 65.9 Å². The molecule has 2 atom stereocenters. The van der Waals surface area contributed by atoms with Crippen LogP contribution in [0, 0.1) is 0 Å². The average Bonchev–Trinajstić information content (AvgIpc) is 3.26. The Morgan fingerprint density at radius 2 is 2.16 bits per heavy atom. The Bertz CT molecular complexity index is 599. The number of pyridine rings is 1. The largest absolute Gasteiger partial charge is 0.485 e. The van der Waals surface area contributed by atoms with E-state index in [2.05, 4.69) is 9.88 Å². The minimum atomic E-state index is -1.28. The summed E-state index contributed by atoms with van der Waals surface area (Å²) in [6, 6.07) is 3.84. The molecule has 0 radical (unpaired) electrons. The molecule has 2 saturated heterocycles. The van der Waals surface area contributed by atoms with Crippen LogP contribution in [-0.4, -0.2) is 58.8 Å². The van der Waals surface area contributed by atoms with Gasteiger partial charge >= 0.3 is 0 Å². The van der Waals surface area contributed by atoms with Crippen molar-refractivity contribution in [3.8, 4) is 5.75 Å². The van der Waals surface area contributed by atoms with E-state index in [0.717, 1.165) is 37.5 Å². The minimum absolute atomic E-state index is 0.0491. The third-order valence-corrected chi connectivity index (χ3v) is 5.08. The van der Waals surface area contributed by atoms with Gasteiger partial charge in [0, 0.05) is 32.3 Å². The Morgan fingerprint density at radius 1 is 1.40 bits per heavy atom. The Hall–Kier alpha value is -1.82. The summed E-state index contributed by atoms with van der Waals surface area (Å²) in [5.74, 6) is 1.51. The lowest BCUT2D eigenvalue weighted by molar-refractivity contribution is -0.149. The molecule has 1 aromatic rings. The van der Waals surface area contributed by atoms with E-state index in [0.29, 0.717) is 19.5 Å². The second-order valence-corrected chi connectivity index (χ2v) is 7.32. The number of ether oxygens (including phenoxy) is 1. The maximum atomic E-state index is 12.5. The number of carbonyl (C=O) groups excluding carboxylic acids is 1. The Kier molecular flexibility index (Phi) is 5.47. The molecule has 2 aliphatic heterocycles. The normalized spacial score (nSPS) is 22.9. The summed E-state index contributed by atoms with van der Waals surface area (Å²) < 4.78 is 6.19. The molecule has 25 heavy (non-hydrogen) atoms. The van der Waals surface area contributed by atoms with Gasteiger partial charge in [-0.3, -0.25) is 4.79 Å². The molecule has 2 aliphatic rings. The van der Waals surface area contributed by atoms with E-state index in [1.165, 1.54) is 12.8 Å². The van der Waals surface area contributed by atoms with Gasteiger partial charge in [0.25, 0.3) is 5.91 Å². The first-order chi connectivity index (χ1) is 12.0. The van der Waals surface area contributed by atoms with E-state index >= 15 is 0 Å². The number of likely N-dealkylation sites (tertiary alicyclic amines) is 1. The van der Waals surface area contributed by atoms with Gasteiger partial charge in [-0.05, 0) is 38.3 Å². The molecule has 0 unspecified atom stereocenters. The quantitative estimate of drug-likeness (QED) is 0.855. The molecule has 6 nitrogen and oxygen atoms in total. The molecule has 0 aliphatic carbocycles. The molecule has 2 fully saturated rings. The van der Waals surface area contributed by atoms with Crippen LogP contribution in [0.2, 0.25) is 0 Å². The van der Waals surface area contributed by atoms with E-state index in [-0.39, 0.29) is 12.0 Å². The van der Waals surface area contributed by atoms with Crippen molar-refractivity contribution in [2.45, 2.75) is 57.7 Å². The summed E-state index contributed by atoms with van der Waals surface area (Å²) in [5.41, 5.74) is -1.28. The number of rotatable bonds is 6. The van der Waals surface area contributed by atoms with Crippen molar-refractivity contribution in [3.05, 3.63) is 18.3 Å². The maximum absolute atomic E-state index is 12.5. The highest BCUT2D eigenvalue weighted by Gasteiger charge is 2.37.